The zero-order chi connectivity index (χ0) is 14.0. The van der Waals surface area contributed by atoms with Crippen LogP contribution in [0.5, 0.6) is 0 Å². The quantitative estimate of drug-likeness (QED) is 0.782. The molecule has 5 nitrogen and oxygen atoms in total. The van der Waals surface area contributed by atoms with Gasteiger partial charge in [-0.3, -0.25) is 4.79 Å². The van der Waals surface area contributed by atoms with E-state index in [0.29, 0.717) is 13.0 Å². The number of halogens is 1. The van der Waals surface area contributed by atoms with Crippen LogP contribution in [0.2, 0.25) is 0 Å². The van der Waals surface area contributed by atoms with Crippen LogP contribution in [0.4, 0.5) is 10.5 Å². The summed E-state index contributed by atoms with van der Waals surface area (Å²) in [6.07, 6.45) is 0.511. The normalized spacial score (nSPS) is 22.3. The van der Waals surface area contributed by atoms with Gasteiger partial charge in [0.05, 0.1) is 5.92 Å². The van der Waals surface area contributed by atoms with Crippen molar-refractivity contribution in [2.24, 2.45) is 5.92 Å². The first kappa shape index (κ1) is 14.1. The van der Waals surface area contributed by atoms with Crippen LogP contribution < -0.4 is 5.32 Å². The third-order valence-corrected chi connectivity index (χ3v) is 4.15. The molecule has 0 bridgehead atoms. The summed E-state index contributed by atoms with van der Waals surface area (Å²) < 4.78 is 1.09. The van der Waals surface area contributed by atoms with E-state index in [0.717, 1.165) is 9.26 Å². The summed E-state index contributed by atoms with van der Waals surface area (Å²) in [6, 6.07) is 6.95. The van der Waals surface area contributed by atoms with E-state index in [-0.39, 0.29) is 12.1 Å². The van der Waals surface area contributed by atoms with Gasteiger partial charge in [-0.25, -0.2) is 4.79 Å². The van der Waals surface area contributed by atoms with E-state index >= 15 is 0 Å². The highest BCUT2D eigenvalue weighted by molar-refractivity contribution is 14.1. The Kier molecular flexibility index (Phi) is 4.28. The molecule has 2 N–H and O–H groups in total. The number of benzene rings is 1. The highest BCUT2D eigenvalue weighted by Crippen LogP contribution is 2.25. The maximum Gasteiger partial charge on any atom is 0.322 e. The molecule has 1 aliphatic heterocycles. The molecule has 102 valence electrons. The average molecular weight is 374 g/mol. The smallest absolute Gasteiger partial charge is 0.322 e. The SMILES string of the molecule is CC1C(C(=O)O)CCN1C(=O)Nc1ccc(I)cc1. The highest BCUT2D eigenvalue weighted by Gasteiger charge is 2.38. The molecule has 1 aromatic rings. The van der Waals surface area contributed by atoms with E-state index in [1.807, 2.05) is 24.3 Å². The van der Waals surface area contributed by atoms with Gasteiger partial charge >= 0.3 is 12.0 Å². The Bertz CT molecular complexity index is 489. The maximum absolute atomic E-state index is 12.1. The van der Waals surface area contributed by atoms with Gasteiger partial charge in [-0.15, -0.1) is 0 Å². The Hall–Kier alpha value is -1.31. The van der Waals surface area contributed by atoms with E-state index < -0.39 is 11.9 Å². The van der Waals surface area contributed by atoms with Gasteiger partial charge in [0.2, 0.25) is 0 Å². The predicted molar refractivity (Wildman–Crippen MR) is 80.1 cm³/mol. The number of rotatable bonds is 2. The second-order valence-electron chi connectivity index (χ2n) is 4.60. The number of aliphatic carboxylic acids is 1. The topological polar surface area (TPSA) is 69.6 Å². The van der Waals surface area contributed by atoms with Gasteiger partial charge in [-0.05, 0) is 60.2 Å². The van der Waals surface area contributed by atoms with E-state index in [9.17, 15) is 9.59 Å². The molecular formula is C13H15IN2O3. The van der Waals surface area contributed by atoms with E-state index in [1.54, 1.807) is 11.8 Å². The second kappa shape index (κ2) is 5.77. The fourth-order valence-electron chi connectivity index (χ4n) is 2.29. The molecule has 19 heavy (non-hydrogen) atoms. The number of nitrogens with zero attached hydrogens (tertiary/aromatic N) is 1. The van der Waals surface area contributed by atoms with Crippen LogP contribution in [-0.2, 0) is 4.79 Å². The fraction of sp³-hybridized carbons (Fsp3) is 0.385. The average Bonchev–Trinajstić information content (AvgIpc) is 2.74. The molecule has 6 heteroatoms. The number of amides is 2. The largest absolute Gasteiger partial charge is 0.481 e. The number of likely N-dealkylation sites (tertiary alicyclic amines) is 1. The summed E-state index contributed by atoms with van der Waals surface area (Å²) >= 11 is 2.19. The molecule has 2 atom stereocenters. The molecule has 1 heterocycles. The number of nitrogens with one attached hydrogen (secondary N) is 1. The minimum absolute atomic E-state index is 0.238. The van der Waals surface area contributed by atoms with Gasteiger partial charge < -0.3 is 15.3 Å². The van der Waals surface area contributed by atoms with E-state index in [1.165, 1.54) is 0 Å². The summed E-state index contributed by atoms with van der Waals surface area (Å²) in [5, 5.41) is 11.8. The van der Waals surface area contributed by atoms with Crippen molar-refractivity contribution in [2.75, 3.05) is 11.9 Å². The van der Waals surface area contributed by atoms with Crippen molar-refractivity contribution in [1.29, 1.82) is 0 Å². The first-order valence-corrected chi connectivity index (χ1v) is 7.13. The molecule has 1 fully saturated rings. The van der Waals surface area contributed by atoms with Crippen molar-refractivity contribution in [1.82, 2.24) is 4.90 Å². The summed E-state index contributed by atoms with van der Waals surface area (Å²) in [4.78, 5) is 24.7. The lowest BCUT2D eigenvalue weighted by Gasteiger charge is -2.23. The van der Waals surface area contributed by atoms with Crippen LogP contribution >= 0.6 is 22.6 Å². The molecule has 1 aromatic carbocycles. The Morgan fingerprint density at radius 3 is 2.53 bits per heavy atom. The zero-order valence-corrected chi connectivity index (χ0v) is 12.6. The molecule has 2 unspecified atom stereocenters. The van der Waals surface area contributed by atoms with Gasteiger partial charge in [0.25, 0.3) is 0 Å². The minimum atomic E-state index is -0.836. The van der Waals surface area contributed by atoms with Crippen LogP contribution in [0, 0.1) is 9.49 Å². The van der Waals surface area contributed by atoms with Gasteiger partial charge in [0, 0.05) is 21.8 Å². The second-order valence-corrected chi connectivity index (χ2v) is 5.85. The van der Waals surface area contributed by atoms with Gasteiger partial charge in [0.1, 0.15) is 0 Å². The van der Waals surface area contributed by atoms with Crippen molar-refractivity contribution in [3.8, 4) is 0 Å². The minimum Gasteiger partial charge on any atom is -0.481 e. The maximum atomic E-state index is 12.1. The van der Waals surface area contributed by atoms with Crippen molar-refractivity contribution in [3.63, 3.8) is 0 Å². The van der Waals surface area contributed by atoms with E-state index in [4.69, 9.17) is 5.11 Å². The highest BCUT2D eigenvalue weighted by atomic mass is 127. The zero-order valence-electron chi connectivity index (χ0n) is 10.5. The van der Waals surface area contributed by atoms with E-state index in [2.05, 4.69) is 27.9 Å². The Labute approximate surface area is 125 Å². The molecule has 2 rings (SSSR count). The van der Waals surface area contributed by atoms with Crippen LogP contribution in [0.15, 0.2) is 24.3 Å². The number of anilines is 1. The summed E-state index contributed by atoms with van der Waals surface area (Å²) in [5.41, 5.74) is 0.719. The third-order valence-electron chi connectivity index (χ3n) is 3.43. The third kappa shape index (κ3) is 3.17. The standard InChI is InChI=1S/C13H15IN2O3/c1-8-11(12(17)18)6-7-16(8)13(19)15-10-4-2-9(14)3-5-10/h2-5,8,11H,6-7H2,1H3,(H,15,19)(H,17,18). The Morgan fingerprint density at radius 1 is 1.37 bits per heavy atom. The monoisotopic (exact) mass is 374 g/mol. The first-order chi connectivity index (χ1) is 8.99. The molecule has 0 aliphatic carbocycles. The van der Waals surface area contributed by atoms with Gasteiger partial charge in [-0.1, -0.05) is 0 Å². The summed E-state index contributed by atoms with van der Waals surface area (Å²) in [6.45, 7) is 2.26. The molecule has 0 spiro atoms. The van der Waals surface area contributed by atoms with Crippen molar-refractivity contribution >= 4 is 40.3 Å². The molecule has 1 aliphatic rings. The number of urea groups is 1. The van der Waals surface area contributed by atoms with Crippen LogP contribution in [0.3, 0.4) is 0 Å². The predicted octanol–water partition coefficient (Wildman–Crippen LogP) is 2.62. The first-order valence-electron chi connectivity index (χ1n) is 6.05. The number of hydrogen-bond donors (Lipinski definition) is 2. The van der Waals surface area contributed by atoms with Crippen LogP contribution in [-0.4, -0.2) is 34.6 Å². The lowest BCUT2D eigenvalue weighted by atomic mass is 10.0. The lowest BCUT2D eigenvalue weighted by molar-refractivity contribution is -0.142. The summed E-state index contributed by atoms with van der Waals surface area (Å²) in [7, 11) is 0. The number of hydrogen-bond acceptors (Lipinski definition) is 2. The Balaban J connectivity index is 2.01. The molecule has 1 saturated heterocycles. The van der Waals surface area contributed by atoms with Gasteiger partial charge in [-0.2, -0.15) is 0 Å². The number of carboxylic acid groups (broad SMARTS) is 1. The molecule has 0 aromatic heterocycles. The molecular weight excluding hydrogens is 359 g/mol. The fourth-order valence-corrected chi connectivity index (χ4v) is 2.64. The lowest BCUT2D eigenvalue weighted by Crippen LogP contribution is -2.40. The number of carboxylic acids is 1. The van der Waals surface area contributed by atoms with Crippen molar-refractivity contribution in [3.05, 3.63) is 27.8 Å². The molecule has 0 radical (unpaired) electrons. The molecule has 0 saturated carbocycles. The number of carbonyl (C=O) groups excluding carboxylic acids is 1. The van der Waals surface area contributed by atoms with Crippen LogP contribution in [0.25, 0.3) is 0 Å². The van der Waals surface area contributed by atoms with Crippen molar-refractivity contribution < 1.29 is 14.7 Å². The summed E-state index contributed by atoms with van der Waals surface area (Å²) in [5.74, 6) is -1.31. The van der Waals surface area contributed by atoms with Gasteiger partial charge in [0.15, 0.2) is 0 Å². The number of carbonyl (C=O) groups is 2. The van der Waals surface area contributed by atoms with Crippen LogP contribution in [0.1, 0.15) is 13.3 Å². The molecule has 2 amide bonds. The van der Waals surface area contributed by atoms with Crippen molar-refractivity contribution in [2.45, 2.75) is 19.4 Å². The Morgan fingerprint density at radius 2 is 2.00 bits per heavy atom.